The third-order valence-electron chi connectivity index (χ3n) is 2.67. The second kappa shape index (κ2) is 5.13. The zero-order valence-corrected chi connectivity index (χ0v) is 10.3. The van der Waals surface area contributed by atoms with Crippen molar-refractivity contribution < 1.29 is 18.0 Å². The summed E-state index contributed by atoms with van der Waals surface area (Å²) >= 11 is 1.48. The Labute approximate surface area is 106 Å². The van der Waals surface area contributed by atoms with Gasteiger partial charge >= 0.3 is 6.18 Å². The smallest absolute Gasteiger partial charge is 0.345 e. The van der Waals surface area contributed by atoms with Gasteiger partial charge in [0.25, 0.3) is 0 Å². The number of alkyl halides is 3. The van der Waals surface area contributed by atoms with E-state index in [0.717, 1.165) is 5.13 Å². The van der Waals surface area contributed by atoms with Gasteiger partial charge in [0, 0.05) is 37.8 Å². The molecule has 0 radical (unpaired) electrons. The van der Waals surface area contributed by atoms with Gasteiger partial charge in [-0.1, -0.05) is 0 Å². The Bertz CT molecular complexity index is 399. The molecular weight excluding hydrogens is 267 g/mol. The number of anilines is 1. The fraction of sp³-hybridized carbons (Fsp3) is 0.600. The van der Waals surface area contributed by atoms with Crippen LogP contribution in [0.5, 0.6) is 0 Å². The molecule has 0 unspecified atom stereocenters. The highest BCUT2D eigenvalue weighted by Crippen LogP contribution is 2.22. The molecule has 1 aliphatic heterocycles. The number of carbonyl (C=O) groups is 1. The predicted molar refractivity (Wildman–Crippen MR) is 61.6 cm³/mol. The highest BCUT2D eigenvalue weighted by atomic mass is 32.1. The number of nitrogens with zero attached hydrogens (tertiary/aromatic N) is 3. The number of halogens is 3. The molecule has 1 aromatic heterocycles. The molecule has 2 heterocycles. The molecule has 0 N–H and O–H groups in total. The number of rotatable bonds is 2. The number of amides is 1. The van der Waals surface area contributed by atoms with Crippen molar-refractivity contribution in [3.05, 3.63) is 11.6 Å². The third kappa shape index (κ3) is 3.34. The lowest BCUT2D eigenvalue weighted by Gasteiger charge is -2.34. The first kappa shape index (κ1) is 13.1. The average Bonchev–Trinajstić information content (AvgIpc) is 2.80. The molecule has 0 bridgehead atoms. The molecule has 1 amide bonds. The summed E-state index contributed by atoms with van der Waals surface area (Å²) in [6.45, 7) is 1.68. The summed E-state index contributed by atoms with van der Waals surface area (Å²) in [7, 11) is 0. The van der Waals surface area contributed by atoms with E-state index < -0.39 is 18.5 Å². The van der Waals surface area contributed by atoms with Crippen LogP contribution in [-0.4, -0.2) is 48.1 Å². The first-order valence-electron chi connectivity index (χ1n) is 5.45. The van der Waals surface area contributed by atoms with Gasteiger partial charge in [-0.25, -0.2) is 4.98 Å². The molecule has 1 aliphatic rings. The van der Waals surface area contributed by atoms with Crippen LogP contribution in [-0.2, 0) is 4.79 Å². The van der Waals surface area contributed by atoms with Crippen LogP contribution >= 0.6 is 11.3 Å². The largest absolute Gasteiger partial charge is 0.397 e. The van der Waals surface area contributed by atoms with E-state index in [1.165, 1.54) is 16.2 Å². The Kier molecular flexibility index (Phi) is 3.74. The Morgan fingerprint density at radius 3 is 2.50 bits per heavy atom. The minimum Gasteiger partial charge on any atom is -0.345 e. The standard InChI is InChI=1S/C10H12F3N3OS/c11-10(12,13)7-8(17)15-2-4-16(5-3-15)9-14-1-6-18-9/h1,6H,2-5,7H2. The van der Waals surface area contributed by atoms with E-state index in [-0.39, 0.29) is 0 Å². The van der Waals surface area contributed by atoms with Crippen molar-refractivity contribution >= 4 is 22.4 Å². The van der Waals surface area contributed by atoms with Crippen LogP contribution < -0.4 is 4.90 Å². The second-order valence-corrected chi connectivity index (χ2v) is 4.85. The normalized spacial score (nSPS) is 17.1. The third-order valence-corrected chi connectivity index (χ3v) is 3.51. The van der Waals surface area contributed by atoms with E-state index in [1.54, 1.807) is 6.20 Å². The van der Waals surface area contributed by atoms with Gasteiger partial charge in [-0.15, -0.1) is 11.3 Å². The topological polar surface area (TPSA) is 36.4 Å². The molecular formula is C10H12F3N3OS. The van der Waals surface area contributed by atoms with E-state index in [4.69, 9.17) is 0 Å². The second-order valence-electron chi connectivity index (χ2n) is 3.97. The molecule has 100 valence electrons. The van der Waals surface area contributed by atoms with Crippen molar-refractivity contribution in [3.8, 4) is 0 Å². The lowest BCUT2D eigenvalue weighted by atomic mass is 10.3. The lowest BCUT2D eigenvalue weighted by molar-refractivity contribution is -0.161. The number of piperazine rings is 1. The molecule has 0 aromatic carbocycles. The van der Waals surface area contributed by atoms with Gasteiger partial charge in [-0.05, 0) is 0 Å². The first-order chi connectivity index (χ1) is 8.46. The Morgan fingerprint density at radius 1 is 1.33 bits per heavy atom. The van der Waals surface area contributed by atoms with Crippen molar-refractivity contribution in [3.63, 3.8) is 0 Å². The van der Waals surface area contributed by atoms with Gasteiger partial charge in [0.05, 0.1) is 0 Å². The molecule has 1 saturated heterocycles. The number of thiazole rings is 1. The lowest BCUT2D eigenvalue weighted by Crippen LogP contribution is -2.49. The van der Waals surface area contributed by atoms with Crippen LogP contribution in [0.25, 0.3) is 0 Å². The summed E-state index contributed by atoms with van der Waals surface area (Å²) < 4.78 is 36.3. The average molecular weight is 279 g/mol. The van der Waals surface area contributed by atoms with Crippen LogP contribution in [0.15, 0.2) is 11.6 Å². The number of carbonyl (C=O) groups excluding carboxylic acids is 1. The van der Waals surface area contributed by atoms with Crippen molar-refractivity contribution in [2.24, 2.45) is 0 Å². The van der Waals surface area contributed by atoms with Crippen molar-refractivity contribution in [2.75, 3.05) is 31.1 Å². The van der Waals surface area contributed by atoms with Crippen LogP contribution in [0.3, 0.4) is 0 Å². The Morgan fingerprint density at radius 2 is 2.00 bits per heavy atom. The van der Waals surface area contributed by atoms with E-state index >= 15 is 0 Å². The number of hydrogen-bond acceptors (Lipinski definition) is 4. The molecule has 0 spiro atoms. The van der Waals surface area contributed by atoms with E-state index in [0.29, 0.717) is 26.2 Å². The molecule has 2 rings (SSSR count). The van der Waals surface area contributed by atoms with Crippen LogP contribution in [0.4, 0.5) is 18.3 Å². The fourth-order valence-corrected chi connectivity index (χ4v) is 2.50. The summed E-state index contributed by atoms with van der Waals surface area (Å²) in [5, 5.41) is 2.69. The van der Waals surface area contributed by atoms with Crippen LogP contribution in [0, 0.1) is 0 Å². The van der Waals surface area contributed by atoms with Crippen molar-refractivity contribution in [1.29, 1.82) is 0 Å². The molecule has 4 nitrogen and oxygen atoms in total. The molecule has 8 heteroatoms. The molecule has 0 aliphatic carbocycles. The highest BCUT2D eigenvalue weighted by Gasteiger charge is 2.34. The van der Waals surface area contributed by atoms with Gasteiger partial charge in [-0.3, -0.25) is 4.79 Å². The van der Waals surface area contributed by atoms with E-state index in [1.807, 2.05) is 10.3 Å². The van der Waals surface area contributed by atoms with Gasteiger partial charge in [-0.2, -0.15) is 13.2 Å². The van der Waals surface area contributed by atoms with E-state index in [9.17, 15) is 18.0 Å². The zero-order valence-electron chi connectivity index (χ0n) is 9.48. The Hall–Kier alpha value is -1.31. The van der Waals surface area contributed by atoms with E-state index in [2.05, 4.69) is 4.98 Å². The molecule has 0 saturated carbocycles. The monoisotopic (exact) mass is 279 g/mol. The summed E-state index contributed by atoms with van der Waals surface area (Å²) in [6.07, 6.45) is -4.12. The van der Waals surface area contributed by atoms with Crippen LogP contribution in [0.1, 0.15) is 6.42 Å². The highest BCUT2D eigenvalue weighted by molar-refractivity contribution is 7.13. The predicted octanol–water partition coefficient (Wildman–Crippen LogP) is 1.74. The Balaban J connectivity index is 1.85. The maximum atomic E-state index is 12.1. The fourth-order valence-electron chi connectivity index (χ4n) is 1.80. The van der Waals surface area contributed by atoms with Gasteiger partial charge in [0.1, 0.15) is 6.42 Å². The molecule has 0 atom stereocenters. The summed E-state index contributed by atoms with van der Waals surface area (Å²) in [4.78, 5) is 18.7. The first-order valence-corrected chi connectivity index (χ1v) is 6.32. The SMILES string of the molecule is O=C(CC(F)(F)F)N1CCN(c2nccs2)CC1. The van der Waals surface area contributed by atoms with Crippen LogP contribution in [0.2, 0.25) is 0 Å². The maximum Gasteiger partial charge on any atom is 0.397 e. The minimum atomic E-state index is -4.43. The number of hydrogen-bond donors (Lipinski definition) is 0. The quantitative estimate of drug-likeness (QED) is 0.827. The van der Waals surface area contributed by atoms with Crippen molar-refractivity contribution in [2.45, 2.75) is 12.6 Å². The zero-order chi connectivity index (χ0) is 13.2. The number of aromatic nitrogens is 1. The summed E-state index contributed by atoms with van der Waals surface area (Å²) in [5.41, 5.74) is 0. The molecule has 18 heavy (non-hydrogen) atoms. The maximum absolute atomic E-state index is 12.1. The van der Waals surface area contributed by atoms with Gasteiger partial charge in [0.15, 0.2) is 5.13 Å². The van der Waals surface area contributed by atoms with Gasteiger partial charge in [0.2, 0.25) is 5.91 Å². The minimum absolute atomic E-state index is 0.314. The summed E-state index contributed by atoms with van der Waals surface area (Å²) in [5.74, 6) is -0.846. The van der Waals surface area contributed by atoms with Crippen molar-refractivity contribution in [1.82, 2.24) is 9.88 Å². The van der Waals surface area contributed by atoms with Gasteiger partial charge < -0.3 is 9.80 Å². The summed E-state index contributed by atoms with van der Waals surface area (Å²) in [6, 6.07) is 0. The molecule has 1 fully saturated rings. The molecule has 1 aromatic rings.